The summed E-state index contributed by atoms with van der Waals surface area (Å²) in [5, 5.41) is 9.62. The molecule has 1 aromatic heterocycles. The number of fused-ring (bicyclic) bond motifs is 1. The van der Waals surface area contributed by atoms with Crippen molar-refractivity contribution in [2.75, 3.05) is 0 Å². The van der Waals surface area contributed by atoms with Crippen molar-refractivity contribution in [1.82, 2.24) is 9.55 Å². The first-order chi connectivity index (χ1) is 9.78. The summed E-state index contributed by atoms with van der Waals surface area (Å²) in [7, 11) is 0. The number of aromatic nitrogens is 2. The van der Waals surface area contributed by atoms with E-state index in [1.54, 1.807) is 0 Å². The van der Waals surface area contributed by atoms with Gasteiger partial charge in [-0.05, 0) is 23.8 Å². The Labute approximate surface area is 122 Å². The SMILES string of the molecule is N#CCc1nc2cc(Cl)ccc2n1Cc1ccccc1. The Hall–Kier alpha value is -2.31. The normalized spacial score (nSPS) is 10.6. The van der Waals surface area contributed by atoms with Crippen LogP contribution in [0.3, 0.4) is 0 Å². The molecule has 0 saturated heterocycles. The van der Waals surface area contributed by atoms with E-state index in [9.17, 15) is 0 Å². The van der Waals surface area contributed by atoms with Crippen LogP contribution in [0.4, 0.5) is 0 Å². The van der Waals surface area contributed by atoms with Crippen molar-refractivity contribution in [2.45, 2.75) is 13.0 Å². The van der Waals surface area contributed by atoms with Gasteiger partial charge < -0.3 is 4.57 Å². The van der Waals surface area contributed by atoms with E-state index in [0.29, 0.717) is 18.0 Å². The van der Waals surface area contributed by atoms with Crippen LogP contribution in [0.5, 0.6) is 0 Å². The Kier molecular flexibility index (Phi) is 3.41. The zero-order valence-corrected chi connectivity index (χ0v) is 11.5. The molecule has 2 aromatic carbocycles. The van der Waals surface area contributed by atoms with Crippen LogP contribution in [-0.2, 0) is 13.0 Å². The van der Waals surface area contributed by atoms with Gasteiger partial charge in [0.1, 0.15) is 5.82 Å². The van der Waals surface area contributed by atoms with Crippen LogP contribution in [0.1, 0.15) is 11.4 Å². The zero-order chi connectivity index (χ0) is 13.9. The smallest absolute Gasteiger partial charge is 0.124 e. The first kappa shape index (κ1) is 12.7. The number of imidazole rings is 1. The minimum Gasteiger partial charge on any atom is -0.323 e. The van der Waals surface area contributed by atoms with Gasteiger partial charge in [0.05, 0.1) is 23.5 Å². The second-order valence-electron chi connectivity index (χ2n) is 4.57. The lowest BCUT2D eigenvalue weighted by atomic mass is 10.2. The second-order valence-corrected chi connectivity index (χ2v) is 5.00. The summed E-state index contributed by atoms with van der Waals surface area (Å²) in [6, 6.07) is 18.0. The predicted molar refractivity (Wildman–Crippen MR) is 79.6 cm³/mol. The molecule has 0 bridgehead atoms. The van der Waals surface area contributed by atoms with Gasteiger partial charge in [-0.3, -0.25) is 0 Å². The van der Waals surface area contributed by atoms with Gasteiger partial charge >= 0.3 is 0 Å². The van der Waals surface area contributed by atoms with Crippen LogP contribution in [0, 0.1) is 11.3 Å². The van der Waals surface area contributed by atoms with Crippen molar-refractivity contribution >= 4 is 22.6 Å². The highest BCUT2D eigenvalue weighted by atomic mass is 35.5. The molecule has 3 nitrogen and oxygen atoms in total. The van der Waals surface area contributed by atoms with E-state index in [0.717, 1.165) is 16.9 Å². The van der Waals surface area contributed by atoms with E-state index in [4.69, 9.17) is 16.9 Å². The van der Waals surface area contributed by atoms with Crippen molar-refractivity contribution < 1.29 is 0 Å². The van der Waals surface area contributed by atoms with Crippen molar-refractivity contribution in [1.29, 1.82) is 5.26 Å². The average molecular weight is 282 g/mol. The number of nitriles is 1. The van der Waals surface area contributed by atoms with Crippen LogP contribution in [-0.4, -0.2) is 9.55 Å². The summed E-state index contributed by atoms with van der Waals surface area (Å²) < 4.78 is 2.07. The van der Waals surface area contributed by atoms with Crippen LogP contribution in [0.2, 0.25) is 5.02 Å². The summed E-state index contributed by atoms with van der Waals surface area (Å²) in [6.07, 6.45) is 0.291. The first-order valence-electron chi connectivity index (χ1n) is 6.33. The Morgan fingerprint density at radius 2 is 1.95 bits per heavy atom. The third kappa shape index (κ3) is 2.38. The molecule has 3 aromatic rings. The minimum atomic E-state index is 0.291. The van der Waals surface area contributed by atoms with Crippen molar-refractivity contribution in [3.05, 3.63) is 64.9 Å². The van der Waals surface area contributed by atoms with Gasteiger partial charge in [-0.1, -0.05) is 41.9 Å². The van der Waals surface area contributed by atoms with Crippen molar-refractivity contribution in [2.24, 2.45) is 0 Å². The second kappa shape index (κ2) is 5.36. The third-order valence-corrected chi connectivity index (χ3v) is 3.45. The fourth-order valence-corrected chi connectivity index (χ4v) is 2.47. The maximum Gasteiger partial charge on any atom is 0.124 e. The molecule has 4 heteroatoms. The van der Waals surface area contributed by atoms with E-state index in [-0.39, 0.29) is 0 Å². The molecule has 0 aliphatic carbocycles. The molecule has 0 saturated carbocycles. The number of benzene rings is 2. The molecule has 0 unspecified atom stereocenters. The standard InChI is InChI=1S/C16H12ClN3/c17-13-6-7-15-14(10-13)19-16(8-9-18)20(15)11-12-4-2-1-3-5-12/h1-7,10H,8,11H2. The molecule has 0 spiro atoms. The average Bonchev–Trinajstić information content (AvgIpc) is 2.77. The molecular weight excluding hydrogens is 270 g/mol. The molecular formula is C16H12ClN3. The number of rotatable bonds is 3. The number of hydrogen-bond acceptors (Lipinski definition) is 2. The van der Waals surface area contributed by atoms with E-state index < -0.39 is 0 Å². The summed E-state index contributed by atoms with van der Waals surface area (Å²) in [6.45, 7) is 0.704. The molecule has 0 amide bonds. The molecule has 0 N–H and O–H groups in total. The zero-order valence-electron chi connectivity index (χ0n) is 10.8. The Morgan fingerprint density at radius 1 is 1.15 bits per heavy atom. The van der Waals surface area contributed by atoms with Gasteiger partial charge in [0.25, 0.3) is 0 Å². The lowest BCUT2D eigenvalue weighted by Crippen LogP contribution is -2.04. The van der Waals surface area contributed by atoms with Crippen LogP contribution >= 0.6 is 11.6 Å². The fourth-order valence-electron chi connectivity index (χ4n) is 2.30. The van der Waals surface area contributed by atoms with Gasteiger partial charge in [0, 0.05) is 11.6 Å². The molecule has 0 radical (unpaired) electrons. The highest BCUT2D eigenvalue weighted by molar-refractivity contribution is 6.31. The van der Waals surface area contributed by atoms with Crippen LogP contribution in [0.25, 0.3) is 11.0 Å². The van der Waals surface area contributed by atoms with Crippen molar-refractivity contribution in [3.8, 4) is 6.07 Å². The largest absolute Gasteiger partial charge is 0.323 e. The highest BCUT2D eigenvalue weighted by Gasteiger charge is 2.11. The lowest BCUT2D eigenvalue weighted by Gasteiger charge is -2.07. The third-order valence-electron chi connectivity index (χ3n) is 3.21. The van der Waals surface area contributed by atoms with E-state index in [1.807, 2.05) is 36.4 Å². The van der Waals surface area contributed by atoms with Crippen LogP contribution < -0.4 is 0 Å². The lowest BCUT2D eigenvalue weighted by molar-refractivity contribution is 0.769. The molecule has 0 fully saturated rings. The molecule has 3 rings (SSSR count). The van der Waals surface area contributed by atoms with Gasteiger partial charge in [-0.25, -0.2) is 4.98 Å². The van der Waals surface area contributed by atoms with Crippen molar-refractivity contribution in [3.63, 3.8) is 0 Å². The quantitative estimate of drug-likeness (QED) is 0.733. The van der Waals surface area contributed by atoms with Gasteiger partial charge in [-0.15, -0.1) is 0 Å². The first-order valence-corrected chi connectivity index (χ1v) is 6.71. The van der Waals surface area contributed by atoms with E-state index >= 15 is 0 Å². The fraction of sp³-hybridized carbons (Fsp3) is 0.125. The van der Waals surface area contributed by atoms with Gasteiger partial charge in [0.2, 0.25) is 0 Å². The van der Waals surface area contributed by atoms with E-state index in [2.05, 4.69) is 27.8 Å². The molecule has 0 aliphatic heterocycles. The predicted octanol–water partition coefficient (Wildman–Crippen LogP) is 3.80. The topological polar surface area (TPSA) is 41.6 Å². The summed E-state index contributed by atoms with van der Waals surface area (Å²) >= 11 is 6.00. The Balaban J connectivity index is 2.12. The summed E-state index contributed by atoms with van der Waals surface area (Å²) in [5.41, 5.74) is 3.02. The minimum absolute atomic E-state index is 0.291. The molecule has 0 aliphatic rings. The van der Waals surface area contributed by atoms with Crippen LogP contribution in [0.15, 0.2) is 48.5 Å². The molecule has 98 valence electrons. The summed E-state index contributed by atoms with van der Waals surface area (Å²) in [4.78, 5) is 4.52. The monoisotopic (exact) mass is 281 g/mol. The maximum atomic E-state index is 8.96. The van der Waals surface area contributed by atoms with Gasteiger partial charge in [0.15, 0.2) is 0 Å². The molecule has 0 atom stereocenters. The highest BCUT2D eigenvalue weighted by Crippen LogP contribution is 2.22. The van der Waals surface area contributed by atoms with Gasteiger partial charge in [-0.2, -0.15) is 5.26 Å². The number of hydrogen-bond donors (Lipinski definition) is 0. The molecule has 20 heavy (non-hydrogen) atoms. The number of nitrogens with zero attached hydrogens (tertiary/aromatic N) is 3. The number of halogens is 1. The van der Waals surface area contributed by atoms with E-state index in [1.165, 1.54) is 5.56 Å². The summed E-state index contributed by atoms with van der Waals surface area (Å²) in [5.74, 6) is 0.772. The molecule has 1 heterocycles. The Bertz CT molecular complexity index is 785. The maximum absolute atomic E-state index is 8.96. The Morgan fingerprint density at radius 3 is 2.70 bits per heavy atom.